The van der Waals surface area contributed by atoms with Crippen molar-refractivity contribution in [1.82, 2.24) is 9.80 Å². The average Bonchev–Trinajstić information content (AvgIpc) is 2.72. The highest BCUT2D eigenvalue weighted by atomic mass is 16.5. The highest BCUT2D eigenvalue weighted by Crippen LogP contribution is 2.21. The maximum atomic E-state index is 12.5. The first-order chi connectivity index (χ1) is 13.0. The first kappa shape index (κ1) is 19.7. The van der Waals surface area contributed by atoms with Crippen LogP contribution in [0.3, 0.4) is 0 Å². The Kier molecular flexibility index (Phi) is 6.72. The van der Waals surface area contributed by atoms with Crippen molar-refractivity contribution in [2.75, 3.05) is 46.0 Å². The van der Waals surface area contributed by atoms with Gasteiger partial charge in [-0.1, -0.05) is 13.8 Å². The number of ether oxygens (including phenoxy) is 2. The van der Waals surface area contributed by atoms with Gasteiger partial charge in [0.25, 0.3) is 5.91 Å². The van der Waals surface area contributed by atoms with Gasteiger partial charge in [0.05, 0.1) is 19.8 Å². The Morgan fingerprint density at radius 1 is 1.11 bits per heavy atom. The van der Waals surface area contributed by atoms with Gasteiger partial charge < -0.3 is 19.3 Å². The minimum Gasteiger partial charge on any atom is -0.493 e. The molecule has 0 aliphatic carbocycles. The molecule has 2 fully saturated rings. The summed E-state index contributed by atoms with van der Waals surface area (Å²) >= 11 is 0. The second-order valence-corrected chi connectivity index (χ2v) is 7.69. The van der Waals surface area contributed by atoms with Crippen molar-refractivity contribution in [3.05, 3.63) is 29.8 Å². The number of carbonyl (C=O) groups excluding carboxylic acids is 2. The predicted octanol–water partition coefficient (Wildman–Crippen LogP) is 2.43. The Morgan fingerprint density at radius 3 is 2.48 bits per heavy atom. The van der Waals surface area contributed by atoms with Gasteiger partial charge in [0, 0.05) is 43.6 Å². The molecule has 0 saturated carbocycles. The fourth-order valence-electron chi connectivity index (χ4n) is 3.62. The summed E-state index contributed by atoms with van der Waals surface area (Å²) in [5, 5.41) is 0. The molecule has 27 heavy (non-hydrogen) atoms. The second-order valence-electron chi connectivity index (χ2n) is 7.69. The van der Waals surface area contributed by atoms with E-state index in [1.165, 1.54) is 0 Å². The van der Waals surface area contributed by atoms with Crippen LogP contribution in [-0.2, 0) is 9.53 Å². The minimum atomic E-state index is 0.0416. The van der Waals surface area contributed by atoms with Crippen LogP contribution in [0.4, 0.5) is 0 Å². The summed E-state index contributed by atoms with van der Waals surface area (Å²) in [5.41, 5.74) is 0.677. The summed E-state index contributed by atoms with van der Waals surface area (Å²) in [6.45, 7) is 8.60. The van der Waals surface area contributed by atoms with Crippen LogP contribution in [0.5, 0.6) is 5.75 Å². The molecule has 0 spiro atoms. The number of carbonyl (C=O) groups is 2. The van der Waals surface area contributed by atoms with Crippen molar-refractivity contribution in [2.24, 2.45) is 11.8 Å². The van der Waals surface area contributed by atoms with Gasteiger partial charge in [0.2, 0.25) is 5.91 Å². The third-order valence-electron chi connectivity index (χ3n) is 5.21. The van der Waals surface area contributed by atoms with E-state index in [9.17, 15) is 9.59 Å². The number of piperidine rings is 1. The number of hydrogen-bond acceptors (Lipinski definition) is 4. The van der Waals surface area contributed by atoms with Gasteiger partial charge in [-0.2, -0.15) is 0 Å². The van der Waals surface area contributed by atoms with E-state index in [2.05, 4.69) is 0 Å². The molecule has 1 aromatic rings. The van der Waals surface area contributed by atoms with E-state index in [1.54, 1.807) is 0 Å². The first-order valence-electron chi connectivity index (χ1n) is 9.93. The summed E-state index contributed by atoms with van der Waals surface area (Å²) in [4.78, 5) is 28.4. The number of rotatable bonds is 5. The molecule has 2 heterocycles. The zero-order valence-electron chi connectivity index (χ0n) is 16.4. The molecule has 148 valence electrons. The van der Waals surface area contributed by atoms with Gasteiger partial charge in [0.1, 0.15) is 5.75 Å². The summed E-state index contributed by atoms with van der Waals surface area (Å²) in [5.74, 6) is 1.43. The van der Waals surface area contributed by atoms with Crippen molar-refractivity contribution in [3.63, 3.8) is 0 Å². The smallest absolute Gasteiger partial charge is 0.254 e. The van der Waals surface area contributed by atoms with Crippen molar-refractivity contribution < 1.29 is 19.1 Å². The topological polar surface area (TPSA) is 59.1 Å². The van der Waals surface area contributed by atoms with Crippen molar-refractivity contribution in [1.29, 1.82) is 0 Å². The van der Waals surface area contributed by atoms with E-state index in [0.717, 1.165) is 31.7 Å². The van der Waals surface area contributed by atoms with Crippen LogP contribution in [0.1, 0.15) is 37.0 Å². The number of benzene rings is 1. The molecule has 3 rings (SSSR count). The van der Waals surface area contributed by atoms with Gasteiger partial charge in [-0.25, -0.2) is 0 Å². The van der Waals surface area contributed by atoms with Crippen LogP contribution in [0.2, 0.25) is 0 Å². The Hall–Kier alpha value is -2.08. The number of hydrogen-bond donors (Lipinski definition) is 0. The fraction of sp³-hybridized carbons (Fsp3) is 0.619. The maximum absolute atomic E-state index is 12.5. The molecule has 0 bridgehead atoms. The van der Waals surface area contributed by atoms with E-state index >= 15 is 0 Å². The van der Waals surface area contributed by atoms with Crippen molar-refractivity contribution in [3.8, 4) is 5.75 Å². The molecule has 2 aliphatic heterocycles. The monoisotopic (exact) mass is 374 g/mol. The lowest BCUT2D eigenvalue weighted by atomic mass is 9.98. The van der Waals surface area contributed by atoms with E-state index in [4.69, 9.17) is 9.47 Å². The third-order valence-corrected chi connectivity index (χ3v) is 5.21. The van der Waals surface area contributed by atoms with Crippen LogP contribution in [-0.4, -0.2) is 67.6 Å². The molecule has 2 aliphatic rings. The molecule has 6 nitrogen and oxygen atoms in total. The Balaban J connectivity index is 1.49. The second kappa shape index (κ2) is 9.22. The molecule has 2 saturated heterocycles. The number of amides is 2. The van der Waals surface area contributed by atoms with E-state index in [0.29, 0.717) is 44.4 Å². The van der Waals surface area contributed by atoms with Crippen molar-refractivity contribution >= 4 is 11.8 Å². The zero-order valence-corrected chi connectivity index (χ0v) is 16.4. The highest BCUT2D eigenvalue weighted by molar-refractivity contribution is 5.94. The summed E-state index contributed by atoms with van der Waals surface area (Å²) in [7, 11) is 0. The molecular weight excluding hydrogens is 344 g/mol. The molecular formula is C21H30N2O4. The van der Waals surface area contributed by atoms with Crippen molar-refractivity contribution in [2.45, 2.75) is 26.7 Å². The molecule has 2 amide bonds. The average molecular weight is 374 g/mol. The molecule has 6 heteroatoms. The van der Waals surface area contributed by atoms with E-state index in [-0.39, 0.29) is 17.7 Å². The van der Waals surface area contributed by atoms with E-state index in [1.807, 2.05) is 47.9 Å². The van der Waals surface area contributed by atoms with Crippen LogP contribution in [0.15, 0.2) is 24.3 Å². The van der Waals surface area contributed by atoms with Gasteiger partial charge in [0.15, 0.2) is 0 Å². The Labute approximate surface area is 161 Å². The Bertz CT molecular complexity index is 638. The zero-order chi connectivity index (χ0) is 19.2. The first-order valence-corrected chi connectivity index (χ1v) is 9.93. The molecule has 0 radical (unpaired) electrons. The highest BCUT2D eigenvalue weighted by Gasteiger charge is 2.25. The summed E-state index contributed by atoms with van der Waals surface area (Å²) < 4.78 is 11.2. The largest absolute Gasteiger partial charge is 0.493 e. The van der Waals surface area contributed by atoms with Crippen LogP contribution >= 0.6 is 0 Å². The lowest BCUT2D eigenvalue weighted by Crippen LogP contribution is -2.43. The van der Waals surface area contributed by atoms with Gasteiger partial charge >= 0.3 is 0 Å². The van der Waals surface area contributed by atoms with Crippen LogP contribution < -0.4 is 4.74 Å². The molecule has 0 unspecified atom stereocenters. The van der Waals surface area contributed by atoms with Gasteiger partial charge in [-0.3, -0.25) is 9.59 Å². The normalized spacial score (nSPS) is 20.6. The third kappa shape index (κ3) is 5.22. The maximum Gasteiger partial charge on any atom is 0.254 e. The minimum absolute atomic E-state index is 0.0416. The van der Waals surface area contributed by atoms with Gasteiger partial charge in [-0.15, -0.1) is 0 Å². The molecule has 1 aromatic carbocycles. The molecule has 0 N–H and O–H groups in total. The molecule has 1 atom stereocenters. The lowest BCUT2D eigenvalue weighted by Gasteiger charge is -2.33. The summed E-state index contributed by atoms with van der Waals surface area (Å²) in [6.07, 6.45) is 2.11. The van der Waals surface area contributed by atoms with E-state index < -0.39 is 0 Å². The molecule has 0 aromatic heterocycles. The van der Waals surface area contributed by atoms with Gasteiger partial charge in [-0.05, 0) is 37.1 Å². The standard InChI is InChI=1S/C21H30N2O4/c1-16(2)20(24)23-9-3-4-17(14-23)15-27-19-7-5-18(6-8-19)21(25)22-10-12-26-13-11-22/h5-8,16-17H,3-4,9-15H2,1-2H3/t17-/m1/s1. The predicted molar refractivity (Wildman–Crippen MR) is 103 cm³/mol. The Morgan fingerprint density at radius 2 is 1.81 bits per heavy atom. The summed E-state index contributed by atoms with van der Waals surface area (Å²) in [6, 6.07) is 7.35. The SMILES string of the molecule is CC(C)C(=O)N1CCC[C@@H](COc2ccc(C(=O)N3CCOCC3)cc2)C1. The fourth-order valence-corrected chi connectivity index (χ4v) is 3.62. The quantitative estimate of drug-likeness (QED) is 0.794. The van der Waals surface area contributed by atoms with Crippen LogP contribution in [0, 0.1) is 11.8 Å². The van der Waals surface area contributed by atoms with Crippen LogP contribution in [0.25, 0.3) is 0 Å². The number of morpholine rings is 1. The number of nitrogens with zero attached hydrogens (tertiary/aromatic N) is 2. The number of likely N-dealkylation sites (tertiary alicyclic amines) is 1. The lowest BCUT2D eigenvalue weighted by molar-refractivity contribution is -0.136.